The molecule has 1 aliphatic rings. The van der Waals surface area contributed by atoms with E-state index in [-0.39, 0.29) is 29.0 Å². The quantitative estimate of drug-likeness (QED) is 0.395. The Bertz CT molecular complexity index is 1380. The Balaban J connectivity index is 1.69. The largest absolute Gasteiger partial charge is 0.487 e. The number of aryl methyl sites for hydroxylation is 2. The lowest BCUT2D eigenvalue weighted by molar-refractivity contribution is -0.121. The maximum absolute atomic E-state index is 13.9. The Kier molecular flexibility index (Phi) is 7.64. The average molecular weight is 521 g/mol. The van der Waals surface area contributed by atoms with Gasteiger partial charge in [0.05, 0.1) is 16.6 Å². The minimum Gasteiger partial charge on any atom is -0.487 e. The summed E-state index contributed by atoms with van der Waals surface area (Å²) in [4.78, 5) is 13.7. The Morgan fingerprint density at radius 2 is 1.65 bits per heavy atom. The van der Waals surface area contributed by atoms with Gasteiger partial charge in [-0.1, -0.05) is 61.9 Å². The molecule has 1 heterocycles. The lowest BCUT2D eigenvalue weighted by Gasteiger charge is -2.41. The van der Waals surface area contributed by atoms with Crippen LogP contribution in [0.2, 0.25) is 0 Å². The predicted molar refractivity (Wildman–Crippen MR) is 148 cm³/mol. The number of nitrogens with zero attached hydrogens (tertiary/aromatic N) is 1. The first-order valence-electron chi connectivity index (χ1n) is 12.8. The highest BCUT2D eigenvalue weighted by Gasteiger charge is 2.39. The third-order valence-corrected chi connectivity index (χ3v) is 9.34. The highest BCUT2D eigenvalue weighted by molar-refractivity contribution is 7.92. The maximum atomic E-state index is 13.9. The molecule has 0 aromatic heterocycles. The van der Waals surface area contributed by atoms with Gasteiger partial charge in [-0.2, -0.15) is 0 Å². The second-order valence-electron chi connectivity index (χ2n) is 9.90. The van der Waals surface area contributed by atoms with Crippen LogP contribution in [-0.2, 0) is 14.8 Å². The number of nitrogens with one attached hydrogen (secondary N) is 1. The van der Waals surface area contributed by atoms with Crippen molar-refractivity contribution in [2.75, 3.05) is 10.8 Å². The van der Waals surface area contributed by atoms with Crippen molar-refractivity contribution in [3.8, 4) is 5.75 Å². The van der Waals surface area contributed by atoms with Gasteiger partial charge < -0.3 is 10.1 Å². The van der Waals surface area contributed by atoms with Crippen molar-refractivity contribution in [3.05, 3.63) is 89.0 Å². The fraction of sp³-hybridized carbons (Fsp3) is 0.367. The molecule has 0 aliphatic carbocycles. The fourth-order valence-corrected chi connectivity index (χ4v) is 6.42. The topological polar surface area (TPSA) is 75.7 Å². The molecule has 0 radical (unpaired) electrons. The minimum atomic E-state index is -3.99. The molecule has 1 amide bonds. The van der Waals surface area contributed by atoms with Gasteiger partial charge in [0.1, 0.15) is 17.9 Å². The molecule has 3 aromatic carbocycles. The van der Waals surface area contributed by atoms with E-state index in [2.05, 4.69) is 19.2 Å². The van der Waals surface area contributed by atoms with Gasteiger partial charge in [0, 0.05) is 12.0 Å². The van der Waals surface area contributed by atoms with E-state index in [4.69, 9.17) is 4.74 Å². The number of amides is 1. The van der Waals surface area contributed by atoms with Crippen LogP contribution in [0.4, 0.5) is 5.69 Å². The summed E-state index contributed by atoms with van der Waals surface area (Å²) in [5.74, 6) is 0.404. The molecule has 1 atom stereocenters. The Morgan fingerprint density at radius 3 is 2.32 bits per heavy atom. The Labute approximate surface area is 220 Å². The van der Waals surface area contributed by atoms with E-state index in [9.17, 15) is 13.2 Å². The molecule has 0 saturated carbocycles. The molecule has 37 heavy (non-hydrogen) atoms. The highest BCUT2D eigenvalue weighted by atomic mass is 32.2. The monoisotopic (exact) mass is 520 g/mol. The summed E-state index contributed by atoms with van der Waals surface area (Å²) in [6.45, 7) is 9.57. The van der Waals surface area contributed by atoms with Crippen molar-refractivity contribution in [1.29, 1.82) is 0 Å². The van der Waals surface area contributed by atoms with Gasteiger partial charge in [0.2, 0.25) is 5.91 Å². The first kappa shape index (κ1) is 26.7. The first-order chi connectivity index (χ1) is 17.6. The molecule has 0 spiro atoms. The van der Waals surface area contributed by atoms with Gasteiger partial charge in [-0.3, -0.25) is 9.10 Å². The standard InChI is InChI=1S/C30H36N2O4S/c1-6-30(7-2)19-26(25-12-8-9-14-28(25)36-30)31-29(33)20-32(27-13-10-11-22(4)23(27)5)37(34,35)24-17-15-21(3)16-18-24/h8-18,26H,6-7,19-20H2,1-5H3,(H,31,33)/t26-/m0/s1. The number of hydrogen-bond donors (Lipinski definition) is 1. The number of carbonyl (C=O) groups excluding carboxylic acids is 1. The van der Waals surface area contributed by atoms with Crippen LogP contribution in [0.15, 0.2) is 71.6 Å². The summed E-state index contributed by atoms with van der Waals surface area (Å²) in [6, 6.07) is 19.7. The van der Waals surface area contributed by atoms with Crippen molar-refractivity contribution in [3.63, 3.8) is 0 Å². The Hall–Kier alpha value is -3.32. The smallest absolute Gasteiger partial charge is 0.264 e. The van der Waals surface area contributed by atoms with E-state index >= 15 is 0 Å². The van der Waals surface area contributed by atoms with Crippen LogP contribution in [0.1, 0.15) is 61.4 Å². The lowest BCUT2D eigenvalue weighted by atomic mass is 9.83. The number of fused-ring (bicyclic) bond motifs is 1. The van der Waals surface area contributed by atoms with Crippen molar-refractivity contribution in [2.24, 2.45) is 0 Å². The summed E-state index contributed by atoms with van der Waals surface area (Å²) in [5, 5.41) is 3.14. The molecular formula is C30H36N2O4S. The van der Waals surface area contributed by atoms with E-state index < -0.39 is 10.0 Å². The van der Waals surface area contributed by atoms with Crippen molar-refractivity contribution < 1.29 is 17.9 Å². The molecule has 3 aromatic rings. The number of carbonyl (C=O) groups is 1. The predicted octanol–water partition coefficient (Wildman–Crippen LogP) is 6.01. The van der Waals surface area contributed by atoms with Crippen LogP contribution in [0.3, 0.4) is 0 Å². The molecule has 1 N–H and O–H groups in total. The number of benzene rings is 3. The fourth-order valence-electron chi connectivity index (χ4n) is 4.94. The van der Waals surface area contributed by atoms with Crippen molar-refractivity contribution in [2.45, 2.75) is 70.4 Å². The van der Waals surface area contributed by atoms with E-state index in [0.29, 0.717) is 12.1 Å². The summed E-state index contributed by atoms with van der Waals surface area (Å²) in [5.41, 5.74) is 3.76. The molecule has 1 aliphatic heterocycles. The zero-order valence-electron chi connectivity index (χ0n) is 22.2. The summed E-state index contributed by atoms with van der Waals surface area (Å²) >= 11 is 0. The van der Waals surface area contributed by atoms with Gasteiger partial charge in [-0.05, 0) is 69.0 Å². The van der Waals surface area contributed by atoms with Crippen molar-refractivity contribution in [1.82, 2.24) is 5.32 Å². The molecule has 7 heteroatoms. The van der Waals surface area contributed by atoms with Crippen LogP contribution in [-0.4, -0.2) is 26.5 Å². The number of hydrogen-bond acceptors (Lipinski definition) is 4. The van der Waals surface area contributed by atoms with Gasteiger partial charge >= 0.3 is 0 Å². The van der Waals surface area contributed by atoms with E-state index in [1.807, 2.05) is 57.2 Å². The van der Waals surface area contributed by atoms with E-state index in [1.54, 1.807) is 30.3 Å². The number of anilines is 1. The molecule has 0 bridgehead atoms. The van der Waals surface area contributed by atoms with Crippen LogP contribution < -0.4 is 14.4 Å². The van der Waals surface area contributed by atoms with Crippen LogP contribution in [0.25, 0.3) is 0 Å². The lowest BCUT2D eigenvalue weighted by Crippen LogP contribution is -2.47. The summed E-state index contributed by atoms with van der Waals surface area (Å²) in [6.07, 6.45) is 2.23. The molecule has 0 unspecified atom stereocenters. The van der Waals surface area contributed by atoms with Gasteiger partial charge in [-0.15, -0.1) is 0 Å². The van der Waals surface area contributed by atoms with Gasteiger partial charge in [0.25, 0.3) is 10.0 Å². The van der Waals surface area contributed by atoms with Crippen LogP contribution >= 0.6 is 0 Å². The van der Waals surface area contributed by atoms with E-state index in [1.165, 1.54) is 4.31 Å². The molecule has 196 valence electrons. The van der Waals surface area contributed by atoms with Crippen LogP contribution in [0.5, 0.6) is 5.75 Å². The SMILES string of the molecule is CCC1(CC)C[C@H](NC(=O)CN(c2cccc(C)c2C)S(=O)(=O)c2ccc(C)cc2)c2ccccc2O1. The van der Waals surface area contributed by atoms with E-state index in [0.717, 1.165) is 40.8 Å². The minimum absolute atomic E-state index is 0.152. The van der Waals surface area contributed by atoms with Crippen LogP contribution in [0, 0.1) is 20.8 Å². The molecule has 6 nitrogen and oxygen atoms in total. The zero-order chi connectivity index (χ0) is 26.8. The normalized spacial score (nSPS) is 16.4. The second-order valence-corrected chi connectivity index (χ2v) is 11.8. The number of sulfonamides is 1. The molecular weight excluding hydrogens is 484 g/mol. The second kappa shape index (κ2) is 10.6. The highest BCUT2D eigenvalue weighted by Crippen LogP contribution is 2.42. The summed E-state index contributed by atoms with van der Waals surface area (Å²) < 4.78 is 35.3. The third-order valence-electron chi connectivity index (χ3n) is 7.56. The number of ether oxygens (including phenoxy) is 1. The summed E-state index contributed by atoms with van der Waals surface area (Å²) in [7, 11) is -3.99. The molecule has 0 fully saturated rings. The molecule has 4 rings (SSSR count). The van der Waals surface area contributed by atoms with Gasteiger partial charge in [0.15, 0.2) is 0 Å². The maximum Gasteiger partial charge on any atom is 0.264 e. The Morgan fingerprint density at radius 1 is 0.973 bits per heavy atom. The van der Waals surface area contributed by atoms with Gasteiger partial charge in [-0.25, -0.2) is 8.42 Å². The average Bonchev–Trinajstić information content (AvgIpc) is 2.89. The van der Waals surface area contributed by atoms with Crippen molar-refractivity contribution >= 4 is 21.6 Å². The number of rotatable bonds is 8. The first-order valence-corrected chi connectivity index (χ1v) is 14.3. The third kappa shape index (κ3) is 5.37. The zero-order valence-corrected chi connectivity index (χ0v) is 23.1. The number of para-hydroxylation sites is 1. The molecule has 0 saturated heterocycles.